The molecule has 2 aromatic carbocycles. The van der Waals surface area contributed by atoms with Crippen LogP contribution in [0.5, 0.6) is 5.88 Å². The van der Waals surface area contributed by atoms with Gasteiger partial charge in [0.2, 0.25) is 17.7 Å². The number of pyridine rings is 1. The minimum atomic E-state index is -0.359. The van der Waals surface area contributed by atoms with Gasteiger partial charge in [-0.2, -0.15) is 9.97 Å². The van der Waals surface area contributed by atoms with E-state index in [1.54, 1.807) is 6.07 Å². The number of benzene rings is 2. The third-order valence-corrected chi connectivity index (χ3v) is 6.28. The maximum Gasteiger partial charge on any atom is 0.247 e. The SMILES string of the molecule is C=CC(=O)Nc1cc(Nc2ncc(Cl)c(Nc3ccc4ccccc4c3)n2)c(OC(C)C)nc1N(C)CCN(C)C. The number of ether oxygens (including phenoxy) is 1. The number of hydrogen-bond donors (Lipinski definition) is 3. The van der Waals surface area contributed by atoms with E-state index in [9.17, 15) is 4.79 Å². The smallest absolute Gasteiger partial charge is 0.247 e. The van der Waals surface area contributed by atoms with Gasteiger partial charge in [-0.3, -0.25) is 4.79 Å². The molecule has 3 N–H and O–H groups in total. The fourth-order valence-electron chi connectivity index (χ4n) is 3.95. The first-order valence-corrected chi connectivity index (χ1v) is 13.6. The maximum atomic E-state index is 12.3. The van der Waals surface area contributed by atoms with Crippen molar-refractivity contribution >= 4 is 62.9 Å². The van der Waals surface area contributed by atoms with Crippen LogP contribution in [0.25, 0.3) is 10.8 Å². The maximum absolute atomic E-state index is 12.3. The van der Waals surface area contributed by atoms with Crippen molar-refractivity contribution in [3.63, 3.8) is 0 Å². The lowest BCUT2D eigenvalue weighted by Gasteiger charge is -2.25. The zero-order valence-corrected chi connectivity index (χ0v) is 24.7. The normalized spacial score (nSPS) is 11.0. The van der Waals surface area contributed by atoms with E-state index in [4.69, 9.17) is 21.3 Å². The molecule has 0 bridgehead atoms. The molecule has 0 fully saturated rings. The van der Waals surface area contributed by atoms with Gasteiger partial charge in [-0.05, 0) is 63.0 Å². The molecule has 4 aromatic rings. The minimum Gasteiger partial charge on any atom is -0.473 e. The van der Waals surface area contributed by atoms with E-state index in [2.05, 4.69) is 43.5 Å². The van der Waals surface area contributed by atoms with Crippen molar-refractivity contribution in [3.8, 4) is 5.88 Å². The van der Waals surface area contributed by atoms with Gasteiger partial charge in [0.15, 0.2) is 11.6 Å². The number of carbonyl (C=O) groups excluding carboxylic acids is 1. The molecule has 0 saturated carbocycles. The molecule has 214 valence electrons. The van der Waals surface area contributed by atoms with Gasteiger partial charge in [-0.25, -0.2) is 4.98 Å². The zero-order chi connectivity index (χ0) is 29.5. The third kappa shape index (κ3) is 7.84. The Labute approximate surface area is 245 Å². The summed E-state index contributed by atoms with van der Waals surface area (Å²) in [5, 5.41) is 11.9. The zero-order valence-electron chi connectivity index (χ0n) is 23.9. The quantitative estimate of drug-likeness (QED) is 0.174. The third-order valence-electron chi connectivity index (χ3n) is 6.01. The van der Waals surface area contributed by atoms with Crippen molar-refractivity contribution in [1.82, 2.24) is 19.9 Å². The van der Waals surface area contributed by atoms with E-state index in [1.807, 2.05) is 76.3 Å². The highest BCUT2D eigenvalue weighted by molar-refractivity contribution is 6.33. The standard InChI is InChI=1S/C30H35ClN8O2/c1-7-26(40)34-24-17-25(29(41-19(2)3)37-28(24)39(6)15-14-38(4)5)35-30-32-18-23(31)27(36-30)33-22-13-12-20-10-8-9-11-21(20)16-22/h7-13,16-19H,1,14-15H2,2-6H3,(H,34,40)(H2,32,33,35,36). The highest BCUT2D eigenvalue weighted by Gasteiger charge is 2.20. The molecule has 0 unspecified atom stereocenters. The summed E-state index contributed by atoms with van der Waals surface area (Å²) < 4.78 is 6.07. The average molecular weight is 575 g/mol. The van der Waals surface area contributed by atoms with Crippen molar-refractivity contribution in [2.24, 2.45) is 0 Å². The molecule has 0 radical (unpaired) electrons. The molecular weight excluding hydrogens is 540 g/mol. The minimum absolute atomic E-state index is 0.159. The second-order valence-corrected chi connectivity index (χ2v) is 10.4. The molecule has 10 nitrogen and oxygen atoms in total. The van der Waals surface area contributed by atoms with Gasteiger partial charge in [0.1, 0.15) is 10.7 Å². The van der Waals surface area contributed by atoms with Gasteiger partial charge < -0.3 is 30.5 Å². The Morgan fingerprint density at radius 2 is 1.78 bits per heavy atom. The Morgan fingerprint density at radius 1 is 1.02 bits per heavy atom. The fourth-order valence-corrected chi connectivity index (χ4v) is 4.09. The first-order chi connectivity index (χ1) is 19.6. The Bertz CT molecular complexity index is 1540. The molecule has 0 aliphatic rings. The van der Waals surface area contributed by atoms with E-state index in [0.29, 0.717) is 40.5 Å². The molecule has 0 aliphatic carbocycles. The van der Waals surface area contributed by atoms with Crippen molar-refractivity contribution in [2.45, 2.75) is 20.0 Å². The number of amides is 1. The number of rotatable bonds is 12. The summed E-state index contributed by atoms with van der Waals surface area (Å²) in [5.74, 6) is 1.23. The molecule has 41 heavy (non-hydrogen) atoms. The molecule has 0 saturated heterocycles. The lowest BCUT2D eigenvalue weighted by atomic mass is 10.1. The number of carbonyl (C=O) groups is 1. The second-order valence-electron chi connectivity index (χ2n) is 10.00. The lowest BCUT2D eigenvalue weighted by Crippen LogP contribution is -2.30. The second kappa shape index (κ2) is 13.3. The highest BCUT2D eigenvalue weighted by atomic mass is 35.5. The Kier molecular flexibility index (Phi) is 9.59. The van der Waals surface area contributed by atoms with Crippen LogP contribution in [0.1, 0.15) is 13.8 Å². The van der Waals surface area contributed by atoms with Crippen LogP contribution in [0.3, 0.4) is 0 Å². The van der Waals surface area contributed by atoms with Crippen LogP contribution in [-0.2, 0) is 4.79 Å². The number of halogens is 1. The van der Waals surface area contributed by atoms with Crippen molar-refractivity contribution in [3.05, 3.63) is 72.4 Å². The monoisotopic (exact) mass is 574 g/mol. The van der Waals surface area contributed by atoms with Gasteiger partial charge >= 0.3 is 0 Å². The van der Waals surface area contributed by atoms with Gasteiger partial charge in [-0.1, -0.05) is 48.5 Å². The molecule has 2 heterocycles. The lowest BCUT2D eigenvalue weighted by molar-refractivity contribution is -0.111. The topological polar surface area (TPSA) is 108 Å². The van der Waals surface area contributed by atoms with Gasteiger partial charge in [0.25, 0.3) is 0 Å². The summed E-state index contributed by atoms with van der Waals surface area (Å²) in [6.45, 7) is 8.87. The van der Waals surface area contributed by atoms with Crippen LogP contribution in [0, 0.1) is 0 Å². The molecule has 0 aliphatic heterocycles. The van der Waals surface area contributed by atoms with Gasteiger partial charge in [-0.15, -0.1) is 0 Å². The summed E-state index contributed by atoms with van der Waals surface area (Å²) in [6, 6.07) is 15.9. The number of anilines is 6. The van der Waals surface area contributed by atoms with Crippen molar-refractivity contribution < 1.29 is 9.53 Å². The van der Waals surface area contributed by atoms with Crippen LogP contribution in [0.15, 0.2) is 67.4 Å². The van der Waals surface area contributed by atoms with E-state index >= 15 is 0 Å². The first-order valence-electron chi connectivity index (χ1n) is 13.2. The Morgan fingerprint density at radius 3 is 2.49 bits per heavy atom. The van der Waals surface area contributed by atoms with E-state index in [-0.39, 0.29) is 18.0 Å². The Hall–Kier alpha value is -4.41. The fraction of sp³-hybridized carbons (Fsp3) is 0.267. The predicted octanol–water partition coefficient (Wildman–Crippen LogP) is 6.07. The molecule has 0 spiro atoms. The Balaban J connectivity index is 1.69. The van der Waals surface area contributed by atoms with E-state index in [0.717, 1.165) is 23.0 Å². The van der Waals surface area contributed by atoms with Crippen molar-refractivity contribution in [1.29, 1.82) is 0 Å². The summed E-state index contributed by atoms with van der Waals surface area (Å²) in [5.41, 5.74) is 1.79. The van der Waals surface area contributed by atoms with E-state index in [1.165, 1.54) is 12.3 Å². The molecule has 0 atom stereocenters. The summed E-state index contributed by atoms with van der Waals surface area (Å²) >= 11 is 6.46. The number of nitrogens with zero attached hydrogens (tertiary/aromatic N) is 5. The number of aromatic nitrogens is 3. The van der Waals surface area contributed by atoms with E-state index < -0.39 is 0 Å². The largest absolute Gasteiger partial charge is 0.473 e. The predicted molar refractivity (Wildman–Crippen MR) is 168 cm³/mol. The number of hydrogen-bond acceptors (Lipinski definition) is 9. The number of likely N-dealkylation sites (N-methyl/N-ethyl adjacent to an activating group) is 2. The van der Waals surface area contributed by atoms with Gasteiger partial charge in [0, 0.05) is 25.8 Å². The van der Waals surface area contributed by atoms with Gasteiger partial charge in [0.05, 0.1) is 18.0 Å². The molecule has 1 amide bonds. The summed E-state index contributed by atoms with van der Waals surface area (Å²) in [6.07, 6.45) is 2.57. The number of fused-ring (bicyclic) bond motifs is 1. The molecule has 4 rings (SSSR count). The summed E-state index contributed by atoms with van der Waals surface area (Å²) in [4.78, 5) is 30.1. The van der Waals surface area contributed by atoms with Crippen LogP contribution < -0.4 is 25.6 Å². The highest BCUT2D eigenvalue weighted by Crippen LogP contribution is 2.36. The molecular formula is C30H35ClN8O2. The molecule has 2 aromatic heterocycles. The van der Waals surface area contributed by atoms with Crippen LogP contribution in [0.4, 0.5) is 34.6 Å². The van der Waals surface area contributed by atoms with Crippen LogP contribution in [0.2, 0.25) is 5.02 Å². The molecule has 11 heteroatoms. The number of nitrogens with one attached hydrogen (secondary N) is 3. The van der Waals surface area contributed by atoms with Crippen molar-refractivity contribution in [2.75, 3.05) is 55.1 Å². The summed E-state index contributed by atoms with van der Waals surface area (Å²) in [7, 11) is 5.91. The first kappa shape index (κ1) is 29.6. The van der Waals surface area contributed by atoms with Crippen LogP contribution in [-0.4, -0.2) is 66.1 Å². The van der Waals surface area contributed by atoms with Crippen LogP contribution >= 0.6 is 11.6 Å². The average Bonchev–Trinajstić information content (AvgIpc) is 2.94.